The van der Waals surface area contributed by atoms with Crippen molar-refractivity contribution in [1.29, 1.82) is 0 Å². The summed E-state index contributed by atoms with van der Waals surface area (Å²) >= 11 is 2.19. The molecule has 2 nitrogen and oxygen atoms in total. The summed E-state index contributed by atoms with van der Waals surface area (Å²) in [7, 11) is 0. The second-order valence-corrected chi connectivity index (χ2v) is 12.2. The van der Waals surface area contributed by atoms with Gasteiger partial charge in [0.05, 0.1) is 17.1 Å². The first kappa shape index (κ1) is 28.2. The molecule has 2 N–H and O–H groups in total. The van der Waals surface area contributed by atoms with E-state index in [1.54, 1.807) is 0 Å². The number of fused-ring (bicyclic) bond motifs is 4. The van der Waals surface area contributed by atoms with Gasteiger partial charge in [0.25, 0.3) is 0 Å². The van der Waals surface area contributed by atoms with E-state index >= 15 is 0 Å². The number of allylic oxidation sites excluding steroid dienone is 2. The summed E-state index contributed by atoms with van der Waals surface area (Å²) in [5.74, 6) is 0. The van der Waals surface area contributed by atoms with E-state index in [1.165, 1.54) is 60.0 Å². The molecule has 0 atom stereocenters. The van der Waals surface area contributed by atoms with Crippen LogP contribution in [0.15, 0.2) is 162 Å². The fourth-order valence-corrected chi connectivity index (χ4v) is 6.99. The quantitative estimate of drug-likeness (QED) is 0.110. The van der Waals surface area contributed by atoms with Crippen LogP contribution in [0.4, 0.5) is 0 Å². The van der Waals surface area contributed by atoms with Gasteiger partial charge in [-0.25, -0.2) is 4.98 Å². The van der Waals surface area contributed by atoms with Crippen LogP contribution in [-0.2, 0) is 0 Å². The van der Waals surface area contributed by atoms with E-state index in [9.17, 15) is 0 Å². The monoisotopic (exact) mass is 700 g/mol. The van der Waals surface area contributed by atoms with Gasteiger partial charge in [0.1, 0.15) is 0 Å². The number of halogens is 1. The Bertz CT molecular complexity index is 2450. The minimum atomic E-state index is 0.639. The van der Waals surface area contributed by atoms with E-state index in [2.05, 4.69) is 156 Å². The molecular formula is C43H29IN2. The van der Waals surface area contributed by atoms with Crippen LogP contribution in [0, 0.1) is 0 Å². The first-order chi connectivity index (χ1) is 22.7. The Hall–Kier alpha value is -5.26. The summed E-state index contributed by atoms with van der Waals surface area (Å²) in [6.07, 6.45) is 3.81. The highest BCUT2D eigenvalue weighted by molar-refractivity contribution is 14.1. The maximum absolute atomic E-state index is 6.37. The van der Waals surface area contributed by atoms with Crippen molar-refractivity contribution >= 4 is 71.4 Å². The van der Waals surface area contributed by atoms with Crippen LogP contribution in [0.25, 0.3) is 82.3 Å². The first-order valence-corrected chi connectivity index (χ1v) is 16.6. The average Bonchev–Trinajstić information content (AvgIpc) is 3.12. The summed E-state index contributed by atoms with van der Waals surface area (Å²) in [5, 5.41) is 9.82. The molecule has 0 amide bonds. The lowest BCUT2D eigenvalue weighted by atomic mass is 9.84. The van der Waals surface area contributed by atoms with Gasteiger partial charge < -0.3 is 5.73 Å². The summed E-state index contributed by atoms with van der Waals surface area (Å²) in [6, 6.07) is 52.3. The molecule has 7 aromatic carbocycles. The summed E-state index contributed by atoms with van der Waals surface area (Å²) in [6.45, 7) is 0. The summed E-state index contributed by atoms with van der Waals surface area (Å²) in [5.41, 5.74) is 14.7. The van der Waals surface area contributed by atoms with E-state index in [-0.39, 0.29) is 0 Å². The molecule has 1 aromatic heterocycles. The normalized spacial score (nSPS) is 12.2. The SMILES string of the molecule is N/C(=C\C=C/I)c1cccc(-c2ccc(-c3c4ccccc4c(-c4ccc5ccccc5c4)c4ccccc34)c3ccccc23)n1. The van der Waals surface area contributed by atoms with Crippen molar-refractivity contribution in [3.63, 3.8) is 0 Å². The molecule has 0 spiro atoms. The second-order valence-electron chi connectivity index (χ2n) is 11.5. The molecule has 0 fully saturated rings. The minimum Gasteiger partial charge on any atom is -0.397 e. The Morgan fingerprint density at radius 1 is 0.522 bits per heavy atom. The van der Waals surface area contributed by atoms with Gasteiger partial charge in [-0.15, -0.1) is 0 Å². The van der Waals surface area contributed by atoms with Gasteiger partial charge in [0.15, 0.2) is 0 Å². The molecule has 0 aliphatic carbocycles. The molecule has 0 bridgehead atoms. The number of pyridine rings is 1. The van der Waals surface area contributed by atoms with Crippen LogP contribution in [0.1, 0.15) is 5.69 Å². The van der Waals surface area contributed by atoms with E-state index < -0.39 is 0 Å². The third kappa shape index (κ3) is 4.84. The third-order valence-electron chi connectivity index (χ3n) is 8.83. The molecule has 46 heavy (non-hydrogen) atoms. The van der Waals surface area contributed by atoms with Crippen LogP contribution >= 0.6 is 22.6 Å². The predicted molar refractivity (Wildman–Crippen MR) is 206 cm³/mol. The molecule has 0 saturated carbocycles. The second kappa shape index (κ2) is 11.9. The zero-order chi connectivity index (χ0) is 31.0. The van der Waals surface area contributed by atoms with Gasteiger partial charge in [-0.2, -0.15) is 0 Å². The third-order valence-corrected chi connectivity index (χ3v) is 9.25. The van der Waals surface area contributed by atoms with E-state index in [4.69, 9.17) is 10.7 Å². The molecule has 3 heteroatoms. The van der Waals surface area contributed by atoms with Crippen molar-refractivity contribution in [2.24, 2.45) is 5.73 Å². The van der Waals surface area contributed by atoms with E-state index in [0.717, 1.165) is 22.3 Å². The fraction of sp³-hybridized carbons (Fsp3) is 0. The Balaban J connectivity index is 1.39. The molecule has 8 aromatic rings. The largest absolute Gasteiger partial charge is 0.397 e. The number of aromatic nitrogens is 1. The Morgan fingerprint density at radius 3 is 1.76 bits per heavy atom. The molecule has 0 aliphatic heterocycles. The van der Waals surface area contributed by atoms with Gasteiger partial charge >= 0.3 is 0 Å². The van der Waals surface area contributed by atoms with Crippen molar-refractivity contribution in [2.45, 2.75) is 0 Å². The highest BCUT2D eigenvalue weighted by atomic mass is 127. The zero-order valence-corrected chi connectivity index (χ0v) is 27.1. The van der Waals surface area contributed by atoms with E-state index in [0.29, 0.717) is 5.70 Å². The number of hydrogen-bond donors (Lipinski definition) is 1. The van der Waals surface area contributed by atoms with Gasteiger partial charge in [-0.1, -0.05) is 156 Å². The lowest BCUT2D eigenvalue weighted by Crippen LogP contribution is -2.00. The van der Waals surface area contributed by atoms with Gasteiger partial charge in [-0.05, 0) is 93.7 Å². The topological polar surface area (TPSA) is 38.9 Å². The van der Waals surface area contributed by atoms with Crippen molar-refractivity contribution in [3.05, 3.63) is 168 Å². The maximum Gasteiger partial charge on any atom is 0.0866 e. The molecular weight excluding hydrogens is 671 g/mol. The average molecular weight is 701 g/mol. The minimum absolute atomic E-state index is 0.639. The molecule has 218 valence electrons. The summed E-state index contributed by atoms with van der Waals surface area (Å²) in [4.78, 5) is 4.99. The van der Waals surface area contributed by atoms with Crippen molar-refractivity contribution in [1.82, 2.24) is 4.98 Å². The van der Waals surface area contributed by atoms with Crippen LogP contribution in [0.3, 0.4) is 0 Å². The van der Waals surface area contributed by atoms with Crippen LogP contribution in [0.2, 0.25) is 0 Å². The first-order valence-electron chi connectivity index (χ1n) is 15.4. The summed E-state index contributed by atoms with van der Waals surface area (Å²) < 4.78 is 1.93. The van der Waals surface area contributed by atoms with Crippen molar-refractivity contribution in [3.8, 4) is 33.5 Å². The standard InChI is InChI=1S/C43H29IN2/c44-26-10-19-39(45)41-21-9-20-40(46-41)33-24-25-38(32-14-4-3-13-31(32)33)43-36-17-7-5-15-34(36)42(35-16-6-8-18-37(35)43)30-23-22-28-11-1-2-12-29(28)27-30/h1-27H,45H2/b26-10-,39-19-. The van der Waals surface area contributed by atoms with Crippen LogP contribution in [-0.4, -0.2) is 4.98 Å². The Morgan fingerprint density at radius 2 is 1.09 bits per heavy atom. The highest BCUT2D eigenvalue weighted by Gasteiger charge is 2.19. The van der Waals surface area contributed by atoms with Crippen molar-refractivity contribution in [2.75, 3.05) is 0 Å². The Labute approximate surface area is 281 Å². The zero-order valence-electron chi connectivity index (χ0n) is 25.0. The Kier molecular flexibility index (Phi) is 7.31. The number of rotatable bonds is 5. The van der Waals surface area contributed by atoms with Crippen LogP contribution in [0.5, 0.6) is 0 Å². The number of nitrogens with zero attached hydrogens (tertiary/aromatic N) is 1. The molecule has 8 rings (SSSR count). The van der Waals surface area contributed by atoms with Gasteiger partial charge in [-0.3, -0.25) is 0 Å². The van der Waals surface area contributed by atoms with E-state index in [1.807, 2.05) is 28.4 Å². The number of benzene rings is 7. The maximum atomic E-state index is 6.37. The lowest BCUT2D eigenvalue weighted by molar-refractivity contribution is 1.26. The molecule has 0 radical (unpaired) electrons. The molecule has 0 unspecified atom stereocenters. The molecule has 0 saturated heterocycles. The highest BCUT2D eigenvalue weighted by Crippen LogP contribution is 2.46. The molecule has 1 heterocycles. The predicted octanol–water partition coefficient (Wildman–Crippen LogP) is 11.9. The number of hydrogen-bond acceptors (Lipinski definition) is 2. The van der Waals surface area contributed by atoms with Gasteiger partial charge in [0, 0.05) is 5.56 Å². The van der Waals surface area contributed by atoms with Gasteiger partial charge in [0.2, 0.25) is 0 Å². The van der Waals surface area contributed by atoms with Crippen LogP contribution < -0.4 is 5.73 Å². The smallest absolute Gasteiger partial charge is 0.0866 e. The fourth-order valence-electron chi connectivity index (χ4n) is 6.79. The number of nitrogens with two attached hydrogens (primary N) is 1. The lowest BCUT2D eigenvalue weighted by Gasteiger charge is -2.20. The van der Waals surface area contributed by atoms with Crippen molar-refractivity contribution < 1.29 is 0 Å². The molecule has 0 aliphatic rings.